The third-order valence-corrected chi connectivity index (χ3v) is 4.02. The zero-order valence-corrected chi connectivity index (χ0v) is 13.0. The Balaban J connectivity index is 1.51. The first-order chi connectivity index (χ1) is 11.3. The second-order valence-corrected chi connectivity index (χ2v) is 5.60. The summed E-state index contributed by atoms with van der Waals surface area (Å²) in [7, 11) is 0. The van der Waals surface area contributed by atoms with Crippen LogP contribution in [0.5, 0.6) is 0 Å². The molecule has 3 aromatic heterocycles. The molecular formula is C17H14ClN5. The van der Waals surface area contributed by atoms with Crippen molar-refractivity contribution in [3.63, 3.8) is 0 Å². The fourth-order valence-corrected chi connectivity index (χ4v) is 2.87. The average molecular weight is 324 g/mol. The molecule has 0 aliphatic heterocycles. The molecule has 0 bridgehead atoms. The van der Waals surface area contributed by atoms with E-state index in [1.165, 1.54) is 0 Å². The lowest BCUT2D eigenvalue weighted by atomic mass is 10.2. The van der Waals surface area contributed by atoms with Gasteiger partial charge in [-0.25, -0.2) is 4.98 Å². The fraction of sp³-hybridized carbons (Fsp3) is 0.118. The minimum Gasteiger partial charge on any atom is -0.370 e. The van der Waals surface area contributed by atoms with Gasteiger partial charge in [0, 0.05) is 24.5 Å². The number of halogens is 1. The maximum absolute atomic E-state index is 6.24. The summed E-state index contributed by atoms with van der Waals surface area (Å²) in [6.45, 7) is 0.706. The Morgan fingerprint density at radius 2 is 1.91 bits per heavy atom. The second kappa shape index (κ2) is 5.85. The van der Waals surface area contributed by atoms with E-state index < -0.39 is 0 Å². The molecule has 5 nitrogen and oxygen atoms in total. The topological polar surface area (TPSA) is 55.1 Å². The molecule has 1 N–H and O–H groups in total. The zero-order valence-electron chi connectivity index (χ0n) is 12.3. The molecule has 0 atom stereocenters. The van der Waals surface area contributed by atoms with Gasteiger partial charge in [0.25, 0.3) is 0 Å². The summed E-state index contributed by atoms with van der Waals surface area (Å²) >= 11 is 6.24. The molecule has 4 aromatic rings. The number of pyridine rings is 2. The van der Waals surface area contributed by atoms with Crippen LogP contribution in [0.15, 0.2) is 54.7 Å². The van der Waals surface area contributed by atoms with Gasteiger partial charge in [-0.05, 0) is 23.6 Å². The molecule has 1 aromatic carbocycles. The highest BCUT2D eigenvalue weighted by molar-refractivity contribution is 6.34. The van der Waals surface area contributed by atoms with Gasteiger partial charge in [0.05, 0.1) is 0 Å². The molecule has 0 fully saturated rings. The molecule has 0 radical (unpaired) electrons. The number of hydrogen-bond donors (Lipinski definition) is 1. The molecule has 23 heavy (non-hydrogen) atoms. The van der Waals surface area contributed by atoms with Crippen LogP contribution in [-0.2, 0) is 6.42 Å². The molecule has 0 amide bonds. The molecule has 0 aliphatic carbocycles. The minimum atomic E-state index is 0.513. The molecule has 0 unspecified atom stereocenters. The van der Waals surface area contributed by atoms with E-state index in [-0.39, 0.29) is 0 Å². The predicted octanol–water partition coefficient (Wildman–Crippen LogP) is 3.59. The molecule has 3 heterocycles. The maximum Gasteiger partial charge on any atom is 0.160 e. The number of nitrogens with zero attached hydrogens (tertiary/aromatic N) is 4. The van der Waals surface area contributed by atoms with Gasteiger partial charge in [-0.3, -0.25) is 4.40 Å². The molecule has 0 saturated heterocycles. The van der Waals surface area contributed by atoms with Crippen LogP contribution >= 0.6 is 11.6 Å². The van der Waals surface area contributed by atoms with E-state index in [1.807, 2.05) is 59.1 Å². The van der Waals surface area contributed by atoms with Crippen LogP contribution in [0, 0.1) is 0 Å². The van der Waals surface area contributed by atoms with E-state index in [4.69, 9.17) is 11.6 Å². The van der Waals surface area contributed by atoms with E-state index in [0.717, 1.165) is 34.5 Å². The Hall–Kier alpha value is -2.66. The summed E-state index contributed by atoms with van der Waals surface area (Å²) in [5.41, 5.74) is 0.856. The van der Waals surface area contributed by atoms with E-state index >= 15 is 0 Å². The van der Waals surface area contributed by atoms with Gasteiger partial charge in [0.15, 0.2) is 5.65 Å². The van der Waals surface area contributed by atoms with Crippen molar-refractivity contribution in [1.29, 1.82) is 0 Å². The average Bonchev–Trinajstić information content (AvgIpc) is 2.98. The number of rotatable bonds is 4. The first-order valence-electron chi connectivity index (χ1n) is 7.39. The van der Waals surface area contributed by atoms with Gasteiger partial charge in [0.1, 0.15) is 16.8 Å². The van der Waals surface area contributed by atoms with Gasteiger partial charge < -0.3 is 5.32 Å². The first kappa shape index (κ1) is 14.0. The van der Waals surface area contributed by atoms with Crippen LogP contribution in [0.2, 0.25) is 5.15 Å². The van der Waals surface area contributed by atoms with Crippen molar-refractivity contribution in [2.45, 2.75) is 6.42 Å². The van der Waals surface area contributed by atoms with Crippen LogP contribution in [0.4, 0.5) is 5.82 Å². The number of fused-ring (bicyclic) bond motifs is 2. The highest BCUT2D eigenvalue weighted by Crippen LogP contribution is 2.24. The predicted molar refractivity (Wildman–Crippen MR) is 91.9 cm³/mol. The Bertz CT molecular complexity index is 979. The SMILES string of the molecule is Clc1nc(NCCc2nnc3ccccn23)cc2ccccc12. The fourth-order valence-electron chi connectivity index (χ4n) is 2.61. The Morgan fingerprint density at radius 1 is 1.04 bits per heavy atom. The summed E-state index contributed by atoms with van der Waals surface area (Å²) in [6.07, 6.45) is 2.72. The van der Waals surface area contributed by atoms with Gasteiger partial charge in [-0.15, -0.1) is 10.2 Å². The number of anilines is 1. The summed E-state index contributed by atoms with van der Waals surface area (Å²) in [5.74, 6) is 1.68. The second-order valence-electron chi connectivity index (χ2n) is 5.24. The lowest BCUT2D eigenvalue weighted by Crippen LogP contribution is -2.08. The quantitative estimate of drug-likeness (QED) is 0.583. The Labute approximate surface area is 137 Å². The molecule has 0 aliphatic rings. The van der Waals surface area contributed by atoms with Crippen LogP contribution in [0.25, 0.3) is 16.4 Å². The van der Waals surface area contributed by atoms with Gasteiger partial charge in [0.2, 0.25) is 0 Å². The molecule has 4 rings (SSSR count). The van der Waals surface area contributed by atoms with Crippen molar-refractivity contribution in [3.05, 3.63) is 65.7 Å². The molecular weight excluding hydrogens is 310 g/mol. The van der Waals surface area contributed by atoms with E-state index in [2.05, 4.69) is 20.5 Å². The van der Waals surface area contributed by atoms with Crippen molar-refractivity contribution in [3.8, 4) is 0 Å². The highest BCUT2D eigenvalue weighted by atomic mass is 35.5. The number of benzene rings is 1. The molecule has 6 heteroatoms. The number of hydrogen-bond acceptors (Lipinski definition) is 4. The van der Waals surface area contributed by atoms with Crippen LogP contribution in [0.1, 0.15) is 5.82 Å². The molecule has 0 saturated carbocycles. The summed E-state index contributed by atoms with van der Waals surface area (Å²) < 4.78 is 1.99. The van der Waals surface area contributed by atoms with Crippen molar-refractivity contribution >= 4 is 33.8 Å². The largest absolute Gasteiger partial charge is 0.370 e. The van der Waals surface area contributed by atoms with E-state index in [1.54, 1.807) is 0 Å². The standard InChI is InChI=1S/C17H14ClN5/c18-17-13-6-2-1-5-12(13)11-14(20-17)19-9-8-16-22-21-15-7-3-4-10-23(15)16/h1-7,10-11H,8-9H2,(H,19,20). The lowest BCUT2D eigenvalue weighted by molar-refractivity contribution is 0.868. The van der Waals surface area contributed by atoms with Crippen molar-refractivity contribution < 1.29 is 0 Å². The Morgan fingerprint density at radius 3 is 2.87 bits per heavy atom. The molecule has 114 valence electrons. The van der Waals surface area contributed by atoms with Gasteiger partial charge in [-0.1, -0.05) is 41.9 Å². The van der Waals surface area contributed by atoms with Gasteiger partial charge >= 0.3 is 0 Å². The Kier molecular flexibility index (Phi) is 3.55. The zero-order chi connectivity index (χ0) is 15.6. The lowest BCUT2D eigenvalue weighted by Gasteiger charge is -2.07. The smallest absolute Gasteiger partial charge is 0.160 e. The third kappa shape index (κ3) is 2.71. The van der Waals surface area contributed by atoms with Crippen molar-refractivity contribution in [2.24, 2.45) is 0 Å². The highest BCUT2D eigenvalue weighted by Gasteiger charge is 2.06. The summed E-state index contributed by atoms with van der Waals surface area (Å²) in [6, 6.07) is 15.8. The van der Waals surface area contributed by atoms with Crippen molar-refractivity contribution in [1.82, 2.24) is 19.6 Å². The number of aromatic nitrogens is 4. The van der Waals surface area contributed by atoms with Gasteiger partial charge in [-0.2, -0.15) is 0 Å². The van der Waals surface area contributed by atoms with Crippen LogP contribution in [-0.4, -0.2) is 26.1 Å². The summed E-state index contributed by atoms with van der Waals surface area (Å²) in [5, 5.41) is 14.2. The number of nitrogens with one attached hydrogen (secondary N) is 1. The third-order valence-electron chi connectivity index (χ3n) is 3.73. The summed E-state index contributed by atoms with van der Waals surface area (Å²) in [4.78, 5) is 4.39. The minimum absolute atomic E-state index is 0.513. The van der Waals surface area contributed by atoms with Crippen LogP contribution < -0.4 is 5.32 Å². The first-order valence-corrected chi connectivity index (χ1v) is 7.77. The molecule has 0 spiro atoms. The van der Waals surface area contributed by atoms with Crippen LogP contribution in [0.3, 0.4) is 0 Å². The maximum atomic E-state index is 6.24. The van der Waals surface area contributed by atoms with E-state index in [9.17, 15) is 0 Å². The normalized spacial score (nSPS) is 11.2. The monoisotopic (exact) mass is 323 g/mol. The van der Waals surface area contributed by atoms with Crippen molar-refractivity contribution in [2.75, 3.05) is 11.9 Å². The van der Waals surface area contributed by atoms with E-state index in [0.29, 0.717) is 11.7 Å².